The van der Waals surface area contributed by atoms with Crippen LogP contribution in [-0.2, 0) is 16.1 Å². The molecule has 0 bridgehead atoms. The van der Waals surface area contributed by atoms with E-state index in [9.17, 15) is 9.59 Å². The number of aromatic nitrogens is 1. The van der Waals surface area contributed by atoms with Gasteiger partial charge >= 0.3 is 0 Å². The van der Waals surface area contributed by atoms with Crippen molar-refractivity contribution in [1.29, 1.82) is 0 Å². The highest BCUT2D eigenvalue weighted by Crippen LogP contribution is 2.05. The van der Waals surface area contributed by atoms with Crippen molar-refractivity contribution in [3.05, 3.63) is 28.7 Å². The van der Waals surface area contributed by atoms with Gasteiger partial charge in [0.25, 0.3) is 5.56 Å². The topological polar surface area (TPSA) is 86.4 Å². The molecule has 6 heteroatoms. The van der Waals surface area contributed by atoms with Crippen molar-refractivity contribution in [3.8, 4) is 0 Å². The number of nitrogens with two attached hydrogens (primary N) is 1. The second kappa shape index (κ2) is 5.68. The van der Waals surface area contributed by atoms with Gasteiger partial charge < -0.3 is 20.4 Å². The predicted octanol–water partition coefficient (Wildman–Crippen LogP) is -0.274. The average Bonchev–Trinajstić information content (AvgIpc) is 2.35. The van der Waals surface area contributed by atoms with Gasteiger partial charge in [0.1, 0.15) is 6.54 Å². The number of carbonyl (C=O) groups is 1. The van der Waals surface area contributed by atoms with Gasteiger partial charge in [0, 0.05) is 24.6 Å². The highest BCUT2D eigenvalue weighted by atomic mass is 16.5. The van der Waals surface area contributed by atoms with E-state index in [1.807, 2.05) is 0 Å². The maximum absolute atomic E-state index is 11.8. The number of anilines is 1. The first-order valence-corrected chi connectivity index (χ1v) is 5.98. The predicted molar refractivity (Wildman–Crippen MR) is 67.1 cm³/mol. The Labute approximate surface area is 105 Å². The van der Waals surface area contributed by atoms with E-state index in [4.69, 9.17) is 10.5 Å². The average molecular weight is 251 g/mol. The quantitative estimate of drug-likeness (QED) is 0.774. The first-order chi connectivity index (χ1) is 8.65. The number of ether oxygens (including phenoxy) is 1. The molecule has 6 nitrogen and oxygen atoms in total. The zero-order valence-electron chi connectivity index (χ0n) is 10.1. The molecule has 1 saturated heterocycles. The molecule has 1 aromatic rings. The summed E-state index contributed by atoms with van der Waals surface area (Å²) in [7, 11) is 0. The van der Waals surface area contributed by atoms with Crippen molar-refractivity contribution in [2.24, 2.45) is 0 Å². The van der Waals surface area contributed by atoms with E-state index in [1.165, 1.54) is 22.9 Å². The van der Waals surface area contributed by atoms with Gasteiger partial charge in [0.2, 0.25) is 5.91 Å². The van der Waals surface area contributed by atoms with Gasteiger partial charge in [-0.25, -0.2) is 0 Å². The van der Waals surface area contributed by atoms with Crippen molar-refractivity contribution in [2.75, 3.05) is 18.9 Å². The fraction of sp³-hybridized carbons (Fsp3) is 0.500. The van der Waals surface area contributed by atoms with Gasteiger partial charge in [-0.2, -0.15) is 0 Å². The van der Waals surface area contributed by atoms with Gasteiger partial charge in [-0.3, -0.25) is 9.59 Å². The molecule has 1 fully saturated rings. The van der Waals surface area contributed by atoms with Gasteiger partial charge in [0.15, 0.2) is 0 Å². The second-order valence-electron chi connectivity index (χ2n) is 4.41. The van der Waals surface area contributed by atoms with E-state index >= 15 is 0 Å². The van der Waals surface area contributed by atoms with Crippen LogP contribution in [0.5, 0.6) is 0 Å². The van der Waals surface area contributed by atoms with Crippen molar-refractivity contribution in [1.82, 2.24) is 9.88 Å². The Morgan fingerprint density at radius 3 is 3.11 bits per heavy atom. The minimum Gasteiger partial charge on any atom is -0.398 e. The summed E-state index contributed by atoms with van der Waals surface area (Å²) >= 11 is 0. The fourth-order valence-corrected chi connectivity index (χ4v) is 1.96. The Morgan fingerprint density at radius 2 is 2.39 bits per heavy atom. The minimum absolute atomic E-state index is 0.0135. The van der Waals surface area contributed by atoms with Gasteiger partial charge in [-0.1, -0.05) is 0 Å². The van der Waals surface area contributed by atoms with Crippen molar-refractivity contribution >= 4 is 11.6 Å². The van der Waals surface area contributed by atoms with Gasteiger partial charge in [-0.05, 0) is 18.9 Å². The van der Waals surface area contributed by atoms with Crippen LogP contribution >= 0.6 is 0 Å². The van der Waals surface area contributed by atoms with Crippen LogP contribution in [0.4, 0.5) is 5.69 Å². The fourth-order valence-electron chi connectivity index (χ4n) is 1.96. The number of nitrogen functional groups attached to an aromatic ring is 1. The molecule has 1 aliphatic rings. The zero-order chi connectivity index (χ0) is 13.0. The highest BCUT2D eigenvalue weighted by Gasteiger charge is 2.16. The van der Waals surface area contributed by atoms with Crippen molar-refractivity contribution < 1.29 is 9.53 Å². The third-order valence-corrected chi connectivity index (χ3v) is 2.85. The van der Waals surface area contributed by atoms with Gasteiger partial charge in [-0.15, -0.1) is 0 Å². The molecule has 1 aliphatic heterocycles. The number of hydrogen-bond donors (Lipinski definition) is 2. The molecule has 0 radical (unpaired) electrons. The lowest BCUT2D eigenvalue weighted by molar-refractivity contribution is -0.123. The van der Waals surface area contributed by atoms with Gasteiger partial charge in [0.05, 0.1) is 12.6 Å². The molecule has 0 aromatic carbocycles. The van der Waals surface area contributed by atoms with Crippen LogP contribution in [-0.4, -0.2) is 29.7 Å². The molecule has 98 valence electrons. The van der Waals surface area contributed by atoms with Crippen LogP contribution in [0.2, 0.25) is 0 Å². The molecule has 1 aromatic heterocycles. The highest BCUT2D eigenvalue weighted by molar-refractivity contribution is 5.76. The molecular weight excluding hydrogens is 234 g/mol. The molecule has 3 N–H and O–H groups in total. The number of pyridine rings is 1. The van der Waals surface area contributed by atoms with Crippen molar-refractivity contribution in [3.63, 3.8) is 0 Å². The van der Waals surface area contributed by atoms with Crippen LogP contribution in [0, 0.1) is 0 Å². The normalized spacial score (nSPS) is 19.4. The standard InChI is InChI=1S/C12H17N3O3/c13-9-3-4-12(17)15(6-9)7-11(16)14-10-2-1-5-18-8-10/h3-4,6,10H,1-2,5,7-8,13H2,(H,14,16). The Balaban J connectivity index is 1.94. The number of rotatable bonds is 3. The Hall–Kier alpha value is -1.82. The maximum Gasteiger partial charge on any atom is 0.251 e. The monoisotopic (exact) mass is 251 g/mol. The van der Waals surface area contributed by atoms with E-state index in [1.54, 1.807) is 0 Å². The molecule has 1 amide bonds. The number of nitrogens with one attached hydrogen (secondary N) is 1. The number of amides is 1. The van der Waals surface area contributed by atoms with E-state index in [2.05, 4.69) is 5.32 Å². The lowest BCUT2D eigenvalue weighted by Crippen LogP contribution is -2.43. The van der Waals surface area contributed by atoms with E-state index in [0.29, 0.717) is 12.3 Å². The largest absolute Gasteiger partial charge is 0.398 e. The minimum atomic E-state index is -0.237. The summed E-state index contributed by atoms with van der Waals surface area (Å²) in [5.41, 5.74) is 5.80. The molecule has 1 unspecified atom stereocenters. The summed E-state index contributed by atoms with van der Waals surface area (Å²) < 4.78 is 6.57. The molecule has 18 heavy (non-hydrogen) atoms. The maximum atomic E-state index is 11.8. The Morgan fingerprint density at radius 1 is 1.56 bits per heavy atom. The molecule has 2 heterocycles. The summed E-state index contributed by atoms with van der Waals surface area (Å²) in [5, 5.41) is 2.85. The summed E-state index contributed by atoms with van der Waals surface area (Å²) in [4.78, 5) is 23.3. The molecule has 0 saturated carbocycles. The number of carbonyl (C=O) groups excluding carboxylic acids is 1. The third kappa shape index (κ3) is 3.33. The number of hydrogen-bond acceptors (Lipinski definition) is 4. The number of nitrogens with zero attached hydrogens (tertiary/aromatic N) is 1. The lowest BCUT2D eigenvalue weighted by Gasteiger charge is -2.23. The molecule has 0 aliphatic carbocycles. The first-order valence-electron chi connectivity index (χ1n) is 5.98. The van der Waals surface area contributed by atoms with E-state index < -0.39 is 0 Å². The summed E-state index contributed by atoms with van der Waals surface area (Å²) in [6.07, 6.45) is 3.33. The Bertz CT molecular complexity index is 478. The first kappa shape index (κ1) is 12.6. The van der Waals surface area contributed by atoms with Crippen LogP contribution in [0.25, 0.3) is 0 Å². The molecule has 1 atom stereocenters. The van der Waals surface area contributed by atoms with Crippen LogP contribution < -0.4 is 16.6 Å². The summed E-state index contributed by atoms with van der Waals surface area (Å²) in [6, 6.07) is 2.92. The second-order valence-corrected chi connectivity index (χ2v) is 4.41. The SMILES string of the molecule is Nc1ccc(=O)n(CC(=O)NC2CCCOC2)c1. The van der Waals surface area contributed by atoms with Crippen LogP contribution in [0.3, 0.4) is 0 Å². The van der Waals surface area contributed by atoms with E-state index in [0.717, 1.165) is 19.4 Å². The van der Waals surface area contributed by atoms with Crippen LogP contribution in [0.1, 0.15) is 12.8 Å². The molecular formula is C12H17N3O3. The Kier molecular flexibility index (Phi) is 3.99. The smallest absolute Gasteiger partial charge is 0.251 e. The summed E-state index contributed by atoms with van der Waals surface area (Å²) in [5.74, 6) is -0.196. The van der Waals surface area contributed by atoms with E-state index in [-0.39, 0.29) is 24.1 Å². The van der Waals surface area contributed by atoms with Crippen molar-refractivity contribution in [2.45, 2.75) is 25.4 Å². The van der Waals surface area contributed by atoms with Crippen LogP contribution in [0.15, 0.2) is 23.1 Å². The lowest BCUT2D eigenvalue weighted by atomic mass is 10.1. The zero-order valence-corrected chi connectivity index (χ0v) is 10.1. The molecule has 0 spiro atoms. The third-order valence-electron chi connectivity index (χ3n) is 2.85. The summed E-state index contributed by atoms with van der Waals surface area (Å²) in [6.45, 7) is 1.28. The molecule has 2 rings (SSSR count).